The van der Waals surface area contributed by atoms with E-state index in [1.165, 1.54) is 38.9 Å². The van der Waals surface area contributed by atoms with Gasteiger partial charge in [0.15, 0.2) is 0 Å². The SMILES string of the molecule is CCCN(CCC)CCCNC=S. The summed E-state index contributed by atoms with van der Waals surface area (Å²) in [5, 5.41) is 3.05. The van der Waals surface area contributed by atoms with Gasteiger partial charge in [0, 0.05) is 6.54 Å². The number of thiocarbonyl (C=S) groups is 1. The number of hydrogen-bond donors (Lipinski definition) is 1. The molecule has 78 valence electrons. The zero-order chi connectivity index (χ0) is 9.94. The van der Waals surface area contributed by atoms with Gasteiger partial charge in [0.2, 0.25) is 0 Å². The standard InChI is InChI=1S/C10H22N2S/c1-3-7-12(8-4-2)9-5-6-11-10-13/h10H,3-9H2,1-2H3,(H,11,13). The van der Waals surface area contributed by atoms with E-state index in [4.69, 9.17) is 0 Å². The van der Waals surface area contributed by atoms with Gasteiger partial charge >= 0.3 is 0 Å². The van der Waals surface area contributed by atoms with E-state index in [0.717, 1.165) is 6.54 Å². The molecule has 0 heterocycles. The molecule has 1 N–H and O–H groups in total. The first-order chi connectivity index (χ1) is 6.35. The highest BCUT2D eigenvalue weighted by Gasteiger charge is 2.00. The Morgan fingerprint density at radius 1 is 1.15 bits per heavy atom. The first-order valence-corrected chi connectivity index (χ1v) is 5.71. The predicted octanol–water partition coefficient (Wildman–Crippen LogP) is 2.05. The molecule has 13 heavy (non-hydrogen) atoms. The second-order valence-corrected chi connectivity index (χ2v) is 3.50. The van der Waals surface area contributed by atoms with Crippen LogP contribution in [0.2, 0.25) is 0 Å². The molecule has 0 unspecified atom stereocenters. The third kappa shape index (κ3) is 8.19. The summed E-state index contributed by atoms with van der Waals surface area (Å²) >= 11 is 4.68. The fraction of sp³-hybridized carbons (Fsp3) is 0.900. The quantitative estimate of drug-likeness (QED) is 0.455. The van der Waals surface area contributed by atoms with E-state index in [-0.39, 0.29) is 0 Å². The van der Waals surface area contributed by atoms with Crippen molar-refractivity contribution >= 4 is 17.7 Å². The highest BCUT2D eigenvalue weighted by atomic mass is 32.1. The van der Waals surface area contributed by atoms with Gasteiger partial charge in [0.1, 0.15) is 0 Å². The maximum atomic E-state index is 4.68. The monoisotopic (exact) mass is 202 g/mol. The topological polar surface area (TPSA) is 15.3 Å². The molecular weight excluding hydrogens is 180 g/mol. The van der Waals surface area contributed by atoms with Crippen LogP contribution in [0.15, 0.2) is 0 Å². The van der Waals surface area contributed by atoms with Crippen LogP contribution in [0.4, 0.5) is 0 Å². The number of nitrogens with zero attached hydrogens (tertiary/aromatic N) is 1. The molecule has 0 saturated heterocycles. The van der Waals surface area contributed by atoms with Crippen molar-refractivity contribution in [2.45, 2.75) is 33.1 Å². The van der Waals surface area contributed by atoms with Gasteiger partial charge in [0.05, 0.1) is 5.49 Å². The molecule has 0 aromatic carbocycles. The summed E-state index contributed by atoms with van der Waals surface area (Å²) in [4.78, 5) is 2.52. The molecule has 0 aliphatic heterocycles. The van der Waals surface area contributed by atoms with Crippen LogP contribution in [0.25, 0.3) is 0 Å². The molecule has 0 aliphatic carbocycles. The van der Waals surface area contributed by atoms with Gasteiger partial charge < -0.3 is 10.2 Å². The van der Waals surface area contributed by atoms with Gasteiger partial charge in [-0.3, -0.25) is 0 Å². The Morgan fingerprint density at radius 3 is 2.23 bits per heavy atom. The zero-order valence-corrected chi connectivity index (χ0v) is 9.70. The van der Waals surface area contributed by atoms with Gasteiger partial charge in [-0.15, -0.1) is 0 Å². The van der Waals surface area contributed by atoms with Crippen molar-refractivity contribution in [2.24, 2.45) is 0 Å². The van der Waals surface area contributed by atoms with Crippen molar-refractivity contribution in [3.63, 3.8) is 0 Å². The average molecular weight is 202 g/mol. The number of rotatable bonds is 9. The van der Waals surface area contributed by atoms with E-state index in [1.54, 1.807) is 5.49 Å². The minimum atomic E-state index is 1.01. The van der Waals surface area contributed by atoms with Crippen molar-refractivity contribution < 1.29 is 0 Å². The zero-order valence-electron chi connectivity index (χ0n) is 8.88. The van der Waals surface area contributed by atoms with Gasteiger partial charge in [-0.2, -0.15) is 0 Å². The average Bonchev–Trinajstić information content (AvgIpc) is 2.13. The van der Waals surface area contributed by atoms with Crippen molar-refractivity contribution in [1.29, 1.82) is 0 Å². The normalized spacial score (nSPS) is 10.4. The van der Waals surface area contributed by atoms with Crippen LogP contribution >= 0.6 is 12.2 Å². The molecule has 3 heteroatoms. The van der Waals surface area contributed by atoms with Crippen LogP contribution in [0.5, 0.6) is 0 Å². The minimum absolute atomic E-state index is 1.01. The lowest BCUT2D eigenvalue weighted by atomic mass is 10.3. The van der Waals surface area contributed by atoms with E-state index in [1.807, 2.05) is 0 Å². The summed E-state index contributed by atoms with van der Waals surface area (Å²) in [6, 6.07) is 0. The fourth-order valence-corrected chi connectivity index (χ4v) is 1.55. The maximum absolute atomic E-state index is 4.68. The smallest absolute Gasteiger partial charge is 0.0614 e. The third-order valence-corrected chi connectivity index (χ3v) is 2.13. The summed E-state index contributed by atoms with van der Waals surface area (Å²) in [6.45, 7) is 9.12. The Kier molecular flexibility index (Phi) is 9.82. The van der Waals surface area contributed by atoms with Gasteiger partial charge in [0.25, 0.3) is 0 Å². The largest absolute Gasteiger partial charge is 0.382 e. The van der Waals surface area contributed by atoms with Crippen LogP contribution in [0.3, 0.4) is 0 Å². The van der Waals surface area contributed by atoms with Crippen LogP contribution in [-0.2, 0) is 0 Å². The molecule has 0 spiro atoms. The van der Waals surface area contributed by atoms with Crippen molar-refractivity contribution in [3.8, 4) is 0 Å². The second kappa shape index (κ2) is 9.93. The van der Waals surface area contributed by atoms with Gasteiger partial charge in [-0.25, -0.2) is 0 Å². The Morgan fingerprint density at radius 2 is 1.77 bits per heavy atom. The first-order valence-electron chi connectivity index (χ1n) is 5.24. The van der Waals surface area contributed by atoms with Crippen LogP contribution in [0, 0.1) is 0 Å². The molecule has 0 bridgehead atoms. The minimum Gasteiger partial charge on any atom is -0.382 e. The van der Waals surface area contributed by atoms with Crippen LogP contribution < -0.4 is 5.32 Å². The predicted molar refractivity (Wildman–Crippen MR) is 63.3 cm³/mol. The van der Waals surface area contributed by atoms with E-state index >= 15 is 0 Å². The van der Waals surface area contributed by atoms with Gasteiger partial charge in [-0.1, -0.05) is 26.1 Å². The lowest BCUT2D eigenvalue weighted by Crippen LogP contribution is -2.28. The first kappa shape index (κ1) is 12.8. The molecule has 0 saturated carbocycles. The van der Waals surface area contributed by atoms with Crippen LogP contribution in [0.1, 0.15) is 33.1 Å². The second-order valence-electron chi connectivity index (χ2n) is 3.27. The lowest BCUT2D eigenvalue weighted by molar-refractivity contribution is 0.272. The van der Waals surface area contributed by atoms with Crippen molar-refractivity contribution in [1.82, 2.24) is 10.2 Å². The Hall–Kier alpha value is -0.150. The third-order valence-electron chi connectivity index (χ3n) is 1.96. The molecule has 0 radical (unpaired) electrons. The lowest BCUT2D eigenvalue weighted by Gasteiger charge is -2.20. The molecule has 0 rings (SSSR count). The molecular formula is C10H22N2S. The van der Waals surface area contributed by atoms with E-state index < -0.39 is 0 Å². The van der Waals surface area contributed by atoms with E-state index in [2.05, 4.69) is 36.3 Å². The molecule has 0 aromatic rings. The summed E-state index contributed by atoms with van der Waals surface area (Å²) in [5.41, 5.74) is 1.60. The van der Waals surface area contributed by atoms with E-state index in [9.17, 15) is 0 Å². The number of hydrogen-bond acceptors (Lipinski definition) is 2. The van der Waals surface area contributed by atoms with Gasteiger partial charge in [-0.05, 0) is 38.9 Å². The summed E-state index contributed by atoms with van der Waals surface area (Å²) in [5.74, 6) is 0. The summed E-state index contributed by atoms with van der Waals surface area (Å²) in [6.07, 6.45) is 3.69. The molecule has 0 aliphatic rings. The molecule has 0 aromatic heterocycles. The van der Waals surface area contributed by atoms with Crippen LogP contribution in [-0.4, -0.2) is 36.6 Å². The highest BCUT2D eigenvalue weighted by molar-refractivity contribution is 7.78. The molecule has 0 amide bonds. The Bertz CT molecular complexity index is 111. The Balaban J connectivity index is 3.37. The highest BCUT2D eigenvalue weighted by Crippen LogP contribution is 1.95. The fourth-order valence-electron chi connectivity index (χ4n) is 1.43. The maximum Gasteiger partial charge on any atom is 0.0614 e. The van der Waals surface area contributed by atoms with E-state index in [0.29, 0.717) is 0 Å². The molecule has 2 nitrogen and oxygen atoms in total. The van der Waals surface area contributed by atoms with Crippen molar-refractivity contribution in [3.05, 3.63) is 0 Å². The number of nitrogens with one attached hydrogen (secondary N) is 1. The summed E-state index contributed by atoms with van der Waals surface area (Å²) < 4.78 is 0. The molecule has 0 fully saturated rings. The molecule has 0 atom stereocenters. The Labute approximate surface area is 87.7 Å². The summed E-state index contributed by atoms with van der Waals surface area (Å²) in [7, 11) is 0. The van der Waals surface area contributed by atoms with Crippen molar-refractivity contribution in [2.75, 3.05) is 26.2 Å².